The maximum Gasteiger partial charge on any atom is 0.263 e. The molecule has 1 heterocycles. The van der Waals surface area contributed by atoms with E-state index in [0.29, 0.717) is 5.69 Å². The maximum atomic E-state index is 12.6. The Morgan fingerprint density at radius 1 is 1.04 bits per heavy atom. The Bertz CT molecular complexity index is 1080. The normalized spacial score (nSPS) is 11.0. The van der Waals surface area contributed by atoms with Gasteiger partial charge < -0.3 is 5.32 Å². The van der Waals surface area contributed by atoms with Crippen LogP contribution >= 0.6 is 11.6 Å². The number of hydrogen-bond acceptors (Lipinski definition) is 4. The molecule has 0 fully saturated rings. The Labute approximate surface area is 162 Å². The molecule has 2 N–H and O–H groups in total. The largest absolute Gasteiger partial charge is 0.322 e. The number of anilines is 2. The van der Waals surface area contributed by atoms with Gasteiger partial charge in [0.25, 0.3) is 15.9 Å². The molecule has 0 aliphatic rings. The third kappa shape index (κ3) is 4.64. The first-order chi connectivity index (χ1) is 12.8. The molecule has 0 unspecified atom stereocenters. The van der Waals surface area contributed by atoms with Crippen LogP contribution < -0.4 is 10.0 Å². The number of amides is 1. The summed E-state index contributed by atoms with van der Waals surface area (Å²) in [5.41, 5.74) is 1.98. The first-order valence-electron chi connectivity index (χ1n) is 7.96. The molecule has 6 nitrogen and oxygen atoms in total. The van der Waals surface area contributed by atoms with Crippen LogP contribution in [0, 0.1) is 6.92 Å². The van der Waals surface area contributed by atoms with Gasteiger partial charge in [-0.05, 0) is 48.9 Å². The molecule has 3 rings (SSSR count). The van der Waals surface area contributed by atoms with Crippen LogP contribution in [0.5, 0.6) is 0 Å². The third-order valence-electron chi connectivity index (χ3n) is 3.70. The van der Waals surface area contributed by atoms with Gasteiger partial charge in [0.2, 0.25) is 0 Å². The highest BCUT2D eigenvalue weighted by Gasteiger charge is 2.19. The van der Waals surface area contributed by atoms with Crippen LogP contribution in [0.3, 0.4) is 0 Å². The average Bonchev–Trinajstić information content (AvgIpc) is 2.62. The Morgan fingerprint density at radius 2 is 1.81 bits per heavy atom. The zero-order chi connectivity index (χ0) is 19.4. The SMILES string of the molecule is Cc1cccc(NC(=O)c2ccccc2NS(=O)(=O)c2ccc(Cl)nc2)c1. The van der Waals surface area contributed by atoms with Gasteiger partial charge in [0, 0.05) is 11.9 Å². The lowest BCUT2D eigenvalue weighted by molar-refractivity contribution is 0.102. The highest BCUT2D eigenvalue weighted by molar-refractivity contribution is 7.92. The fraction of sp³-hybridized carbons (Fsp3) is 0.0526. The van der Waals surface area contributed by atoms with E-state index in [1.807, 2.05) is 25.1 Å². The van der Waals surface area contributed by atoms with E-state index in [1.54, 1.807) is 24.3 Å². The van der Waals surface area contributed by atoms with Crippen LogP contribution in [0.15, 0.2) is 71.8 Å². The van der Waals surface area contributed by atoms with Crippen LogP contribution in [0.25, 0.3) is 0 Å². The van der Waals surface area contributed by atoms with Gasteiger partial charge in [-0.3, -0.25) is 9.52 Å². The van der Waals surface area contributed by atoms with Crippen molar-refractivity contribution in [3.8, 4) is 0 Å². The van der Waals surface area contributed by atoms with Gasteiger partial charge in [-0.15, -0.1) is 0 Å². The number of nitrogens with one attached hydrogen (secondary N) is 2. The Balaban J connectivity index is 1.87. The van der Waals surface area contributed by atoms with Gasteiger partial charge in [0.1, 0.15) is 10.0 Å². The standard InChI is InChI=1S/C19H16ClN3O3S/c1-13-5-4-6-14(11-13)22-19(24)16-7-2-3-8-17(16)23-27(25,26)15-9-10-18(20)21-12-15/h2-12,23H,1H3,(H,22,24). The van der Waals surface area contributed by atoms with Crippen molar-refractivity contribution in [2.24, 2.45) is 0 Å². The van der Waals surface area contributed by atoms with Crippen molar-refractivity contribution in [3.05, 3.63) is 83.1 Å². The molecule has 1 amide bonds. The summed E-state index contributed by atoms with van der Waals surface area (Å²) in [5.74, 6) is -0.423. The number of nitrogens with zero attached hydrogens (tertiary/aromatic N) is 1. The van der Waals surface area contributed by atoms with Crippen molar-refractivity contribution in [2.45, 2.75) is 11.8 Å². The van der Waals surface area contributed by atoms with E-state index in [4.69, 9.17) is 11.6 Å². The number of pyridine rings is 1. The molecule has 0 spiro atoms. The van der Waals surface area contributed by atoms with Crippen molar-refractivity contribution in [3.63, 3.8) is 0 Å². The molecule has 0 aliphatic carbocycles. The van der Waals surface area contributed by atoms with Crippen LogP contribution in [0.1, 0.15) is 15.9 Å². The van der Waals surface area contributed by atoms with Gasteiger partial charge in [0.05, 0.1) is 11.3 Å². The second kappa shape index (κ2) is 7.77. The van der Waals surface area contributed by atoms with Gasteiger partial charge in [-0.2, -0.15) is 0 Å². The van der Waals surface area contributed by atoms with E-state index in [-0.39, 0.29) is 21.3 Å². The smallest absolute Gasteiger partial charge is 0.263 e. The number of para-hydroxylation sites is 1. The quantitative estimate of drug-likeness (QED) is 0.630. The second-order valence-electron chi connectivity index (χ2n) is 5.79. The molecule has 0 saturated carbocycles. The fourth-order valence-corrected chi connectivity index (χ4v) is 3.55. The molecule has 27 heavy (non-hydrogen) atoms. The zero-order valence-electron chi connectivity index (χ0n) is 14.3. The van der Waals surface area contributed by atoms with E-state index in [2.05, 4.69) is 15.0 Å². The van der Waals surface area contributed by atoms with Crippen LogP contribution in [0.2, 0.25) is 5.15 Å². The van der Waals surface area contributed by atoms with E-state index >= 15 is 0 Å². The minimum atomic E-state index is -3.92. The van der Waals surface area contributed by atoms with Gasteiger partial charge in [-0.1, -0.05) is 35.9 Å². The minimum absolute atomic E-state index is 0.0548. The van der Waals surface area contributed by atoms with Crippen molar-refractivity contribution in [1.82, 2.24) is 4.98 Å². The first-order valence-corrected chi connectivity index (χ1v) is 9.83. The van der Waals surface area contributed by atoms with Crippen LogP contribution in [-0.2, 0) is 10.0 Å². The molecule has 8 heteroatoms. The van der Waals surface area contributed by atoms with Crippen molar-refractivity contribution >= 4 is 38.9 Å². The summed E-state index contributed by atoms with van der Waals surface area (Å²) in [7, 11) is -3.92. The number of benzene rings is 2. The molecule has 138 valence electrons. The molecule has 0 aliphatic heterocycles. The highest BCUT2D eigenvalue weighted by Crippen LogP contribution is 2.22. The maximum absolute atomic E-state index is 12.6. The summed E-state index contributed by atoms with van der Waals surface area (Å²) >= 11 is 5.70. The van der Waals surface area contributed by atoms with Gasteiger partial charge in [-0.25, -0.2) is 13.4 Å². The van der Waals surface area contributed by atoms with E-state index < -0.39 is 15.9 Å². The molecule has 0 radical (unpaired) electrons. The number of aryl methyl sites for hydroxylation is 1. The van der Waals surface area contributed by atoms with Crippen LogP contribution in [0.4, 0.5) is 11.4 Å². The lowest BCUT2D eigenvalue weighted by Crippen LogP contribution is -2.18. The Kier molecular flexibility index (Phi) is 5.43. The number of rotatable bonds is 5. The van der Waals surface area contributed by atoms with Gasteiger partial charge >= 0.3 is 0 Å². The van der Waals surface area contributed by atoms with Crippen molar-refractivity contribution in [2.75, 3.05) is 10.0 Å². The first kappa shape index (κ1) is 18.9. The lowest BCUT2D eigenvalue weighted by atomic mass is 10.1. The fourth-order valence-electron chi connectivity index (χ4n) is 2.42. The second-order valence-corrected chi connectivity index (χ2v) is 7.86. The molecule has 0 atom stereocenters. The summed E-state index contributed by atoms with van der Waals surface area (Å²) < 4.78 is 27.6. The lowest BCUT2D eigenvalue weighted by Gasteiger charge is -2.13. The molecular formula is C19H16ClN3O3S. The summed E-state index contributed by atoms with van der Waals surface area (Å²) in [4.78, 5) is 16.4. The highest BCUT2D eigenvalue weighted by atomic mass is 35.5. The number of halogens is 1. The predicted molar refractivity (Wildman–Crippen MR) is 106 cm³/mol. The number of hydrogen-bond donors (Lipinski definition) is 2. The number of aromatic nitrogens is 1. The molecule has 0 saturated heterocycles. The average molecular weight is 402 g/mol. The molecular weight excluding hydrogens is 386 g/mol. The van der Waals surface area contributed by atoms with E-state index in [0.717, 1.165) is 11.8 Å². The van der Waals surface area contributed by atoms with E-state index in [1.165, 1.54) is 18.2 Å². The number of sulfonamides is 1. The Hall–Kier alpha value is -2.90. The molecule has 0 bridgehead atoms. The van der Waals surface area contributed by atoms with Crippen LogP contribution in [-0.4, -0.2) is 19.3 Å². The van der Waals surface area contributed by atoms with E-state index in [9.17, 15) is 13.2 Å². The monoisotopic (exact) mass is 401 g/mol. The zero-order valence-corrected chi connectivity index (χ0v) is 15.9. The summed E-state index contributed by atoms with van der Waals surface area (Å²) in [6.07, 6.45) is 1.15. The molecule has 3 aromatic rings. The summed E-state index contributed by atoms with van der Waals surface area (Å²) in [5, 5.41) is 2.96. The minimum Gasteiger partial charge on any atom is -0.322 e. The Morgan fingerprint density at radius 3 is 2.52 bits per heavy atom. The topological polar surface area (TPSA) is 88.2 Å². The summed E-state index contributed by atoms with van der Waals surface area (Å²) in [6.45, 7) is 1.91. The number of carbonyl (C=O) groups is 1. The predicted octanol–water partition coefficient (Wildman–Crippen LogP) is 4.10. The molecule has 1 aromatic heterocycles. The number of carbonyl (C=O) groups excluding carboxylic acids is 1. The third-order valence-corrected chi connectivity index (χ3v) is 5.28. The summed E-state index contributed by atoms with van der Waals surface area (Å²) in [6, 6.07) is 16.4. The van der Waals surface area contributed by atoms with Gasteiger partial charge in [0.15, 0.2) is 0 Å². The van der Waals surface area contributed by atoms with Crippen molar-refractivity contribution < 1.29 is 13.2 Å². The van der Waals surface area contributed by atoms with Crippen molar-refractivity contribution in [1.29, 1.82) is 0 Å². The molecule has 2 aromatic carbocycles.